The van der Waals surface area contributed by atoms with Gasteiger partial charge in [0.15, 0.2) is 5.78 Å². The zero-order chi connectivity index (χ0) is 16.4. The molecule has 4 rings (SSSR count). The molecule has 2 radical (unpaired) electrons. The molecule has 25 heavy (non-hydrogen) atoms. The van der Waals surface area contributed by atoms with E-state index in [9.17, 15) is 9.59 Å². The van der Waals surface area contributed by atoms with Crippen LogP contribution < -0.4 is 0 Å². The quantitative estimate of drug-likeness (QED) is 0.669. The molecular weight excluding hydrogens is 330 g/mol. The summed E-state index contributed by atoms with van der Waals surface area (Å²) < 4.78 is 0. The Hall–Kier alpha value is 0.820. The summed E-state index contributed by atoms with van der Waals surface area (Å²) in [6, 6.07) is 0. The van der Waals surface area contributed by atoms with Crippen molar-refractivity contribution in [1.82, 2.24) is 0 Å². The van der Waals surface area contributed by atoms with E-state index in [-0.39, 0.29) is 81.6 Å². The van der Waals surface area contributed by atoms with Gasteiger partial charge in [0.2, 0.25) is 0 Å². The smallest absolute Gasteiger partial charge is 0.178 e. The van der Waals surface area contributed by atoms with Gasteiger partial charge in [-0.05, 0) is 80.8 Å². The summed E-state index contributed by atoms with van der Waals surface area (Å²) >= 11 is 0. The number of fused-ring (bicyclic) bond motifs is 5. The van der Waals surface area contributed by atoms with Crippen molar-refractivity contribution in [2.24, 2.45) is 34.5 Å². The van der Waals surface area contributed by atoms with Gasteiger partial charge in [0, 0.05) is 70.4 Å². The van der Waals surface area contributed by atoms with Gasteiger partial charge >= 0.3 is 0 Å². The predicted molar refractivity (Wildman–Crippen MR) is 102 cm³/mol. The molecule has 3 saturated carbocycles. The fourth-order valence-corrected chi connectivity index (χ4v) is 6.87. The second-order valence-electron chi connectivity index (χ2n) is 8.89. The predicted octanol–water partition coefficient (Wildman–Crippen LogP) is 3.74. The van der Waals surface area contributed by atoms with Crippen LogP contribution in [-0.4, -0.2) is 70.7 Å². The van der Waals surface area contributed by atoms with Gasteiger partial charge in [0.1, 0.15) is 5.78 Å². The van der Waals surface area contributed by atoms with Crippen molar-refractivity contribution in [3.63, 3.8) is 0 Å². The Balaban J connectivity index is 0.00000113. The van der Waals surface area contributed by atoms with Gasteiger partial charge in [0.25, 0.3) is 0 Å². The monoisotopic (exact) mass is 358 g/mol. The van der Waals surface area contributed by atoms with E-state index in [0.29, 0.717) is 17.6 Å². The van der Waals surface area contributed by atoms with Crippen molar-refractivity contribution in [1.29, 1.82) is 0 Å². The largest absolute Gasteiger partial charge is 0.300 e. The fourth-order valence-electron chi connectivity index (χ4n) is 6.87. The zero-order valence-electron chi connectivity index (χ0n) is 16.6. The molecule has 0 aromatic heterocycles. The average Bonchev–Trinajstić information content (AvgIpc) is 2.85. The van der Waals surface area contributed by atoms with E-state index in [1.165, 1.54) is 31.3 Å². The number of Topliss-reactive ketones (excluding diaryl/α,β-unsaturated/α-hetero) is 1. The molecule has 0 unspecified atom stereocenters. The number of allylic oxidation sites excluding steroid dienone is 4. The summed E-state index contributed by atoms with van der Waals surface area (Å²) in [5, 5.41) is 0. The zero-order valence-corrected chi connectivity index (χ0v) is 20.6. The first-order valence-corrected chi connectivity index (χ1v) is 9.31. The Kier molecular flexibility index (Phi) is 6.79. The van der Waals surface area contributed by atoms with Crippen LogP contribution in [0.5, 0.6) is 0 Å². The van der Waals surface area contributed by atoms with Gasteiger partial charge in [-0.2, -0.15) is 0 Å². The standard InChI is InChI=1S/C21H28O2.2Na/c1-13(22)17-6-7-18-16-5-4-14-12-15(23)8-10-20(14,2)19(16)9-11-21(17,18)3;;/h8,10,12,16-19H,4-7,9,11H2,1-3H3;;/t16-,17+,18-,19-,20-,21+;;/m0../s1. The molecule has 3 fully saturated rings. The fraction of sp³-hybridized carbons (Fsp3) is 0.714. The van der Waals surface area contributed by atoms with Crippen molar-refractivity contribution >= 4 is 70.7 Å². The summed E-state index contributed by atoms with van der Waals surface area (Å²) in [7, 11) is 0. The average molecular weight is 358 g/mol. The maximum atomic E-state index is 12.1. The molecule has 0 heterocycles. The first-order valence-electron chi connectivity index (χ1n) is 9.31. The molecule has 0 aliphatic heterocycles. The van der Waals surface area contributed by atoms with E-state index >= 15 is 0 Å². The second kappa shape index (κ2) is 7.68. The minimum absolute atomic E-state index is 0. The van der Waals surface area contributed by atoms with E-state index < -0.39 is 0 Å². The molecule has 0 N–H and O–H groups in total. The molecular formula is C21H28Na2O2. The van der Waals surface area contributed by atoms with E-state index in [4.69, 9.17) is 0 Å². The van der Waals surface area contributed by atoms with Crippen LogP contribution in [0, 0.1) is 34.5 Å². The van der Waals surface area contributed by atoms with Crippen LogP contribution >= 0.6 is 0 Å². The Morgan fingerprint density at radius 1 is 1.08 bits per heavy atom. The second-order valence-corrected chi connectivity index (χ2v) is 8.89. The van der Waals surface area contributed by atoms with Gasteiger partial charge in [-0.3, -0.25) is 9.59 Å². The molecule has 4 aliphatic carbocycles. The summed E-state index contributed by atoms with van der Waals surface area (Å²) in [5.74, 6) is 2.91. The SMILES string of the molecule is CC(=O)[C@H]1CC[C@H]2[C@@H]3CCC4=CC(=O)C=C[C@]4(C)[C@H]3CC[C@]12C.[Na].[Na]. The van der Waals surface area contributed by atoms with Crippen LogP contribution in [-0.2, 0) is 9.59 Å². The number of carbonyl (C=O) groups is 2. The Morgan fingerprint density at radius 2 is 1.80 bits per heavy atom. The minimum atomic E-state index is 0. The van der Waals surface area contributed by atoms with E-state index in [1.807, 2.05) is 6.08 Å². The van der Waals surface area contributed by atoms with Crippen molar-refractivity contribution in [3.8, 4) is 0 Å². The van der Waals surface area contributed by atoms with Crippen LogP contribution in [0.25, 0.3) is 0 Å². The van der Waals surface area contributed by atoms with Gasteiger partial charge in [-0.25, -0.2) is 0 Å². The first kappa shape index (κ1) is 22.1. The molecule has 0 bridgehead atoms. The molecule has 0 amide bonds. The normalized spacial score (nSPS) is 44.4. The number of rotatable bonds is 1. The van der Waals surface area contributed by atoms with E-state index in [1.54, 1.807) is 13.0 Å². The maximum Gasteiger partial charge on any atom is 0.178 e. The van der Waals surface area contributed by atoms with Crippen LogP contribution in [0.15, 0.2) is 23.8 Å². The van der Waals surface area contributed by atoms with E-state index in [0.717, 1.165) is 18.8 Å². The third kappa shape index (κ3) is 3.28. The van der Waals surface area contributed by atoms with Crippen molar-refractivity contribution in [2.45, 2.75) is 59.3 Å². The molecule has 0 aromatic carbocycles. The number of hydrogen-bond donors (Lipinski definition) is 0. The summed E-state index contributed by atoms with van der Waals surface area (Å²) in [5.41, 5.74) is 1.65. The van der Waals surface area contributed by atoms with E-state index in [2.05, 4.69) is 19.9 Å². The van der Waals surface area contributed by atoms with Crippen LogP contribution in [0.3, 0.4) is 0 Å². The molecule has 0 spiro atoms. The van der Waals surface area contributed by atoms with Crippen molar-refractivity contribution in [2.75, 3.05) is 0 Å². The molecule has 0 saturated heterocycles. The third-order valence-corrected chi connectivity index (χ3v) is 8.05. The van der Waals surface area contributed by atoms with Gasteiger partial charge in [-0.1, -0.05) is 25.5 Å². The molecule has 126 valence electrons. The van der Waals surface area contributed by atoms with Crippen LogP contribution in [0.1, 0.15) is 59.3 Å². The van der Waals surface area contributed by atoms with Crippen LogP contribution in [0.4, 0.5) is 0 Å². The molecule has 6 atom stereocenters. The van der Waals surface area contributed by atoms with Crippen molar-refractivity contribution < 1.29 is 9.59 Å². The first-order chi connectivity index (χ1) is 10.9. The van der Waals surface area contributed by atoms with Crippen molar-refractivity contribution in [3.05, 3.63) is 23.8 Å². The van der Waals surface area contributed by atoms with Gasteiger partial charge in [-0.15, -0.1) is 0 Å². The summed E-state index contributed by atoms with van der Waals surface area (Å²) in [6.07, 6.45) is 12.8. The number of carbonyl (C=O) groups excluding carboxylic acids is 2. The number of hydrogen-bond acceptors (Lipinski definition) is 2. The molecule has 4 heteroatoms. The van der Waals surface area contributed by atoms with Crippen LogP contribution in [0.2, 0.25) is 0 Å². The molecule has 2 nitrogen and oxygen atoms in total. The Morgan fingerprint density at radius 3 is 2.48 bits per heavy atom. The topological polar surface area (TPSA) is 34.1 Å². The minimum Gasteiger partial charge on any atom is -0.300 e. The van der Waals surface area contributed by atoms with Gasteiger partial charge in [0.05, 0.1) is 0 Å². The molecule has 0 aromatic rings. The summed E-state index contributed by atoms with van der Waals surface area (Å²) in [6.45, 7) is 6.53. The summed E-state index contributed by atoms with van der Waals surface area (Å²) in [4.78, 5) is 23.9. The Labute approximate surface area is 196 Å². The third-order valence-electron chi connectivity index (χ3n) is 8.05. The number of ketones is 2. The molecule has 4 aliphatic rings. The maximum absolute atomic E-state index is 12.1. The Bertz CT molecular complexity index is 638. The van der Waals surface area contributed by atoms with Gasteiger partial charge < -0.3 is 0 Å².